The molecule has 1 saturated heterocycles. The van der Waals surface area contributed by atoms with E-state index in [-0.39, 0.29) is 12.1 Å². The number of piperidine rings is 1. The van der Waals surface area contributed by atoms with Gasteiger partial charge in [0.1, 0.15) is 11.4 Å². The van der Waals surface area contributed by atoms with E-state index in [1.165, 1.54) is 0 Å². The quantitative estimate of drug-likeness (QED) is 0.511. The first-order chi connectivity index (χ1) is 15.9. The summed E-state index contributed by atoms with van der Waals surface area (Å²) in [5, 5.41) is 0. The molecule has 34 heavy (non-hydrogen) atoms. The number of rotatable bonds is 6. The Kier molecular flexibility index (Phi) is 8.03. The van der Waals surface area contributed by atoms with E-state index < -0.39 is 21.7 Å². The number of amides is 1. The Morgan fingerprint density at radius 2 is 1.85 bits per heavy atom. The van der Waals surface area contributed by atoms with Gasteiger partial charge in [-0.25, -0.2) is 18.2 Å². The molecule has 186 valence electrons. The number of aromatic nitrogens is 1. The maximum atomic E-state index is 13.4. The molecule has 1 amide bonds. The highest BCUT2D eigenvalue weighted by Gasteiger charge is 2.35. The molecule has 7 nitrogen and oxygen atoms in total. The Morgan fingerprint density at radius 1 is 1.18 bits per heavy atom. The lowest BCUT2D eigenvalue weighted by atomic mass is 9.99. The van der Waals surface area contributed by atoms with Gasteiger partial charge in [0.2, 0.25) is 10.0 Å². The van der Waals surface area contributed by atoms with Crippen molar-refractivity contribution < 1.29 is 17.9 Å². The van der Waals surface area contributed by atoms with Crippen LogP contribution < -0.4 is 4.90 Å². The van der Waals surface area contributed by atoms with Gasteiger partial charge in [0.05, 0.1) is 10.9 Å². The summed E-state index contributed by atoms with van der Waals surface area (Å²) in [6, 6.07) is 10.3. The van der Waals surface area contributed by atoms with E-state index in [0.717, 1.165) is 36.8 Å². The van der Waals surface area contributed by atoms with Gasteiger partial charge in [-0.3, -0.25) is 4.90 Å². The Hall–Kier alpha value is -2.45. The highest BCUT2D eigenvalue weighted by atomic mass is 32.2. The number of carbonyl (C=O) groups is 1. The number of aryl methyl sites for hydroxylation is 1. The molecule has 2 aromatic rings. The summed E-state index contributed by atoms with van der Waals surface area (Å²) in [4.78, 5) is 19.3. The van der Waals surface area contributed by atoms with Crippen molar-refractivity contribution in [3.63, 3.8) is 0 Å². The molecule has 2 atom stereocenters. The summed E-state index contributed by atoms with van der Waals surface area (Å²) >= 11 is 0. The number of anilines is 1. The summed E-state index contributed by atoms with van der Waals surface area (Å²) in [6.07, 6.45) is 4.50. The van der Waals surface area contributed by atoms with Crippen molar-refractivity contribution in [1.29, 1.82) is 0 Å². The number of pyridine rings is 1. The molecule has 0 aliphatic carbocycles. The average molecular weight is 488 g/mol. The Balaban J connectivity index is 1.90. The molecule has 1 fully saturated rings. The van der Waals surface area contributed by atoms with E-state index in [9.17, 15) is 13.2 Å². The van der Waals surface area contributed by atoms with Gasteiger partial charge >= 0.3 is 6.09 Å². The Bertz CT molecular complexity index is 1080. The largest absolute Gasteiger partial charge is 0.443 e. The third-order valence-corrected chi connectivity index (χ3v) is 8.03. The van der Waals surface area contributed by atoms with Crippen molar-refractivity contribution in [2.24, 2.45) is 0 Å². The predicted molar refractivity (Wildman–Crippen MR) is 134 cm³/mol. The minimum Gasteiger partial charge on any atom is -0.443 e. The first kappa shape index (κ1) is 26.2. The zero-order valence-corrected chi connectivity index (χ0v) is 21.9. The van der Waals surface area contributed by atoms with Crippen LogP contribution in [0.25, 0.3) is 0 Å². The Labute approximate surface area is 204 Å². The molecule has 0 N–H and O–H groups in total. The fourth-order valence-corrected chi connectivity index (χ4v) is 5.78. The van der Waals surface area contributed by atoms with Crippen molar-refractivity contribution in [3.05, 3.63) is 53.7 Å². The second-order valence-electron chi connectivity index (χ2n) is 10.00. The van der Waals surface area contributed by atoms with E-state index in [1.54, 1.807) is 33.6 Å². The van der Waals surface area contributed by atoms with Crippen molar-refractivity contribution in [2.45, 2.75) is 89.8 Å². The number of hydrogen-bond acceptors (Lipinski definition) is 5. The highest BCUT2D eigenvalue weighted by molar-refractivity contribution is 7.89. The van der Waals surface area contributed by atoms with E-state index >= 15 is 0 Å². The topological polar surface area (TPSA) is 79.8 Å². The molecule has 1 aliphatic heterocycles. The zero-order chi connectivity index (χ0) is 25.1. The van der Waals surface area contributed by atoms with Gasteiger partial charge in [0, 0.05) is 18.8 Å². The minimum absolute atomic E-state index is 0.0960. The smallest absolute Gasteiger partial charge is 0.416 e. The van der Waals surface area contributed by atoms with Gasteiger partial charge in [-0.05, 0) is 77.6 Å². The van der Waals surface area contributed by atoms with Crippen molar-refractivity contribution in [3.8, 4) is 0 Å². The van der Waals surface area contributed by atoms with Crippen LogP contribution in [0.3, 0.4) is 0 Å². The van der Waals surface area contributed by atoms with Crippen LogP contribution in [0.2, 0.25) is 0 Å². The molecule has 2 unspecified atom stereocenters. The summed E-state index contributed by atoms with van der Waals surface area (Å²) < 4.78 is 34.1. The zero-order valence-electron chi connectivity index (χ0n) is 21.1. The third-order valence-electron chi connectivity index (χ3n) is 6.11. The molecule has 8 heteroatoms. The highest BCUT2D eigenvalue weighted by Crippen LogP contribution is 2.36. The summed E-state index contributed by atoms with van der Waals surface area (Å²) in [6.45, 7) is 11.9. The van der Waals surface area contributed by atoms with Crippen LogP contribution in [0, 0.1) is 6.92 Å². The summed E-state index contributed by atoms with van der Waals surface area (Å²) in [7, 11) is -3.63. The van der Waals surface area contributed by atoms with E-state index in [0.29, 0.717) is 17.3 Å². The minimum atomic E-state index is -3.63. The number of hydrogen-bond donors (Lipinski definition) is 0. The van der Waals surface area contributed by atoms with Crippen molar-refractivity contribution in [1.82, 2.24) is 9.29 Å². The molecule has 0 radical (unpaired) electrons. The standard InChI is InChI=1S/C26H37N3O4S/c1-7-20(3)29(25(30)33-26(4,5)6)24-16-13-21(18-27-24)23-10-8-9-17-28(23)34(31,32)22-14-11-19(2)12-15-22/h11-16,18,20,23H,7-10,17H2,1-6H3. The van der Waals surface area contributed by atoms with E-state index in [2.05, 4.69) is 4.98 Å². The maximum absolute atomic E-state index is 13.4. The van der Waals surface area contributed by atoms with Gasteiger partial charge in [-0.2, -0.15) is 4.31 Å². The van der Waals surface area contributed by atoms with E-state index in [1.807, 2.05) is 59.7 Å². The average Bonchev–Trinajstić information content (AvgIpc) is 2.78. The van der Waals surface area contributed by atoms with Crippen LogP contribution in [0.4, 0.5) is 10.6 Å². The maximum Gasteiger partial charge on any atom is 0.416 e. The van der Waals surface area contributed by atoms with Gasteiger partial charge < -0.3 is 4.74 Å². The molecule has 0 bridgehead atoms. The lowest BCUT2D eigenvalue weighted by molar-refractivity contribution is 0.0566. The van der Waals surface area contributed by atoms with Crippen LogP contribution in [-0.4, -0.2) is 42.0 Å². The van der Waals surface area contributed by atoms with Gasteiger partial charge in [0.25, 0.3) is 0 Å². The van der Waals surface area contributed by atoms with Crippen molar-refractivity contribution >= 4 is 21.9 Å². The lowest BCUT2D eigenvalue weighted by Crippen LogP contribution is -2.42. The molecule has 2 heterocycles. The Morgan fingerprint density at radius 3 is 2.41 bits per heavy atom. The number of sulfonamides is 1. The number of benzene rings is 1. The molecular formula is C26H37N3O4S. The molecule has 0 saturated carbocycles. The second-order valence-corrected chi connectivity index (χ2v) is 11.9. The monoisotopic (exact) mass is 487 g/mol. The van der Waals surface area contributed by atoms with Gasteiger partial charge in [-0.15, -0.1) is 0 Å². The summed E-state index contributed by atoms with van der Waals surface area (Å²) in [5.74, 6) is 0.496. The van der Waals surface area contributed by atoms with Crippen LogP contribution in [-0.2, 0) is 14.8 Å². The normalized spacial score (nSPS) is 18.4. The van der Waals surface area contributed by atoms with E-state index in [4.69, 9.17) is 4.74 Å². The van der Waals surface area contributed by atoms with Crippen LogP contribution >= 0.6 is 0 Å². The predicted octanol–water partition coefficient (Wildman–Crippen LogP) is 5.85. The van der Waals surface area contributed by atoms with Crippen LogP contribution in [0.5, 0.6) is 0 Å². The molecule has 1 aromatic heterocycles. The van der Waals surface area contributed by atoms with Crippen LogP contribution in [0.15, 0.2) is 47.5 Å². The fourth-order valence-electron chi connectivity index (χ4n) is 4.10. The molecule has 3 rings (SSSR count). The second kappa shape index (κ2) is 10.4. The molecule has 0 spiro atoms. The van der Waals surface area contributed by atoms with Gasteiger partial charge in [-0.1, -0.05) is 37.1 Å². The van der Waals surface area contributed by atoms with Gasteiger partial charge in [0.15, 0.2) is 0 Å². The fraction of sp³-hybridized carbons (Fsp3) is 0.538. The molecule has 1 aliphatic rings. The SMILES string of the molecule is CCC(C)N(C(=O)OC(C)(C)C)c1ccc(C2CCCCN2S(=O)(=O)c2ccc(C)cc2)cn1. The number of ether oxygens (including phenoxy) is 1. The number of carbonyl (C=O) groups excluding carboxylic acids is 1. The van der Waals surface area contributed by atoms with Crippen LogP contribution in [0.1, 0.15) is 77.5 Å². The first-order valence-electron chi connectivity index (χ1n) is 12.0. The summed E-state index contributed by atoms with van der Waals surface area (Å²) in [5.41, 5.74) is 1.23. The third kappa shape index (κ3) is 5.96. The van der Waals surface area contributed by atoms with Crippen molar-refractivity contribution in [2.75, 3.05) is 11.4 Å². The number of nitrogens with zero attached hydrogens (tertiary/aromatic N) is 3. The first-order valence-corrected chi connectivity index (χ1v) is 13.4. The molecule has 1 aromatic carbocycles. The lowest BCUT2D eigenvalue weighted by Gasteiger charge is -2.35. The molecular weight excluding hydrogens is 450 g/mol.